The largest absolute Gasteiger partial charge is 0.493 e. The molecular weight excluding hydrogens is 360 g/mol. The molecule has 8 nitrogen and oxygen atoms in total. The van der Waals surface area contributed by atoms with Crippen LogP contribution in [0.2, 0.25) is 0 Å². The minimum Gasteiger partial charge on any atom is -0.493 e. The van der Waals surface area contributed by atoms with Crippen molar-refractivity contribution in [3.63, 3.8) is 0 Å². The summed E-state index contributed by atoms with van der Waals surface area (Å²) in [6, 6.07) is 3.30. The van der Waals surface area contributed by atoms with Crippen LogP contribution in [0.15, 0.2) is 23.3 Å². The number of nitrogens with zero attached hydrogens (tertiary/aromatic N) is 2. The Bertz CT molecular complexity index is 894. The summed E-state index contributed by atoms with van der Waals surface area (Å²) < 4.78 is 12.0. The highest BCUT2D eigenvalue weighted by atomic mass is 16.5. The van der Waals surface area contributed by atoms with Crippen LogP contribution in [0.1, 0.15) is 33.6 Å². The molecule has 1 aromatic carbocycles. The standard InChI is InChI=1S/C20H30N4O4/c1-13(2)20(3,11-21)23-18(25)7-6-8-24-12-22-15-10-17(28-5)16(27-4)9-14(15)19(24)26/h9-10,12-13H,6-8,11,21H2,1-5H3,(H,23,25). The zero-order valence-corrected chi connectivity index (χ0v) is 17.2. The molecule has 3 N–H and O–H groups in total. The maximum atomic E-state index is 12.7. The van der Waals surface area contributed by atoms with E-state index in [4.69, 9.17) is 15.2 Å². The van der Waals surface area contributed by atoms with Crippen molar-refractivity contribution in [3.05, 3.63) is 28.8 Å². The van der Waals surface area contributed by atoms with Crippen LogP contribution in [-0.2, 0) is 11.3 Å². The van der Waals surface area contributed by atoms with Gasteiger partial charge in [0.25, 0.3) is 5.56 Å². The van der Waals surface area contributed by atoms with Gasteiger partial charge in [-0.2, -0.15) is 0 Å². The summed E-state index contributed by atoms with van der Waals surface area (Å²) in [7, 11) is 3.05. The molecule has 1 unspecified atom stereocenters. The van der Waals surface area contributed by atoms with Gasteiger partial charge >= 0.3 is 0 Å². The Morgan fingerprint density at radius 2 is 1.93 bits per heavy atom. The van der Waals surface area contributed by atoms with Gasteiger partial charge in [-0.1, -0.05) is 13.8 Å². The normalized spacial score (nSPS) is 13.4. The Morgan fingerprint density at radius 1 is 1.29 bits per heavy atom. The van der Waals surface area contributed by atoms with E-state index < -0.39 is 5.54 Å². The van der Waals surface area contributed by atoms with Crippen LogP contribution in [-0.4, -0.2) is 41.8 Å². The number of benzene rings is 1. The molecule has 154 valence electrons. The Balaban J connectivity index is 2.10. The quantitative estimate of drug-likeness (QED) is 0.674. The highest BCUT2D eigenvalue weighted by molar-refractivity contribution is 5.81. The van der Waals surface area contributed by atoms with Gasteiger partial charge in [0.2, 0.25) is 5.91 Å². The van der Waals surface area contributed by atoms with E-state index in [-0.39, 0.29) is 17.4 Å². The van der Waals surface area contributed by atoms with Gasteiger partial charge in [0.15, 0.2) is 11.5 Å². The fraction of sp³-hybridized carbons (Fsp3) is 0.550. The monoisotopic (exact) mass is 390 g/mol. The lowest BCUT2D eigenvalue weighted by Crippen LogP contribution is -2.55. The van der Waals surface area contributed by atoms with E-state index in [1.54, 1.807) is 12.1 Å². The average molecular weight is 390 g/mol. The molecule has 2 aromatic rings. The zero-order valence-electron chi connectivity index (χ0n) is 17.2. The van der Waals surface area contributed by atoms with Crippen LogP contribution in [0.3, 0.4) is 0 Å². The third-order valence-corrected chi connectivity index (χ3v) is 5.26. The van der Waals surface area contributed by atoms with Crippen molar-refractivity contribution >= 4 is 16.8 Å². The van der Waals surface area contributed by atoms with Crippen molar-refractivity contribution in [1.29, 1.82) is 0 Å². The lowest BCUT2D eigenvalue weighted by molar-refractivity contribution is -0.123. The van der Waals surface area contributed by atoms with Gasteiger partial charge in [0.05, 0.1) is 37.0 Å². The van der Waals surface area contributed by atoms with E-state index in [0.717, 1.165) is 0 Å². The maximum absolute atomic E-state index is 12.7. The average Bonchev–Trinajstić information content (AvgIpc) is 2.68. The Morgan fingerprint density at radius 3 is 2.50 bits per heavy atom. The molecule has 1 aromatic heterocycles. The molecule has 0 saturated carbocycles. The highest BCUT2D eigenvalue weighted by Gasteiger charge is 2.28. The second-order valence-corrected chi connectivity index (χ2v) is 7.40. The van der Waals surface area contributed by atoms with Crippen LogP contribution in [0.5, 0.6) is 11.5 Å². The molecule has 0 radical (unpaired) electrons. The number of methoxy groups -OCH3 is 2. The molecule has 0 bridgehead atoms. The number of hydrogen-bond donors (Lipinski definition) is 2. The van der Waals surface area contributed by atoms with Gasteiger partial charge in [0.1, 0.15) is 0 Å². The summed E-state index contributed by atoms with van der Waals surface area (Å²) in [4.78, 5) is 29.3. The lowest BCUT2D eigenvalue weighted by Gasteiger charge is -2.33. The number of carbonyl (C=O) groups excluding carboxylic acids is 1. The van der Waals surface area contributed by atoms with E-state index in [1.165, 1.54) is 25.1 Å². The number of ether oxygens (including phenoxy) is 2. The maximum Gasteiger partial charge on any atom is 0.261 e. The molecule has 1 amide bonds. The molecule has 0 aliphatic carbocycles. The summed E-state index contributed by atoms with van der Waals surface area (Å²) >= 11 is 0. The third kappa shape index (κ3) is 4.62. The molecule has 0 spiro atoms. The molecule has 8 heteroatoms. The summed E-state index contributed by atoms with van der Waals surface area (Å²) in [5.41, 5.74) is 5.72. The Labute approximate surface area is 165 Å². The van der Waals surface area contributed by atoms with Crippen molar-refractivity contribution < 1.29 is 14.3 Å². The number of aromatic nitrogens is 2. The minimum absolute atomic E-state index is 0.0742. The summed E-state index contributed by atoms with van der Waals surface area (Å²) in [5, 5.41) is 3.45. The van der Waals surface area contributed by atoms with Crippen LogP contribution in [0.4, 0.5) is 0 Å². The van der Waals surface area contributed by atoms with E-state index in [9.17, 15) is 9.59 Å². The number of fused-ring (bicyclic) bond motifs is 1. The minimum atomic E-state index is -0.436. The Hall–Kier alpha value is -2.61. The molecule has 0 fully saturated rings. The number of nitrogens with one attached hydrogen (secondary N) is 1. The fourth-order valence-electron chi connectivity index (χ4n) is 2.87. The van der Waals surface area contributed by atoms with E-state index in [0.29, 0.717) is 48.3 Å². The van der Waals surface area contributed by atoms with Gasteiger partial charge in [0, 0.05) is 25.6 Å². The third-order valence-electron chi connectivity index (χ3n) is 5.26. The first-order chi connectivity index (χ1) is 13.3. The van der Waals surface area contributed by atoms with Crippen molar-refractivity contribution in [1.82, 2.24) is 14.9 Å². The van der Waals surface area contributed by atoms with Crippen molar-refractivity contribution in [3.8, 4) is 11.5 Å². The molecule has 1 heterocycles. The molecular formula is C20H30N4O4. The SMILES string of the molecule is COc1cc2ncn(CCCC(=O)NC(C)(CN)C(C)C)c(=O)c2cc1OC. The number of aryl methyl sites for hydroxylation is 1. The van der Waals surface area contributed by atoms with Gasteiger partial charge in [-0.3, -0.25) is 14.2 Å². The van der Waals surface area contributed by atoms with Gasteiger partial charge in [-0.15, -0.1) is 0 Å². The van der Waals surface area contributed by atoms with Gasteiger partial charge in [-0.05, 0) is 25.3 Å². The Kier molecular flexibility index (Phi) is 7.01. The summed E-state index contributed by atoms with van der Waals surface area (Å²) in [6.45, 7) is 6.75. The topological polar surface area (TPSA) is 108 Å². The molecule has 0 saturated heterocycles. The smallest absolute Gasteiger partial charge is 0.261 e. The number of carbonyl (C=O) groups is 1. The summed E-state index contributed by atoms with van der Waals surface area (Å²) in [5.74, 6) is 1.14. The number of rotatable bonds is 9. The number of nitrogens with two attached hydrogens (primary N) is 1. The van der Waals surface area contributed by atoms with Crippen LogP contribution >= 0.6 is 0 Å². The van der Waals surface area contributed by atoms with Gasteiger partial charge in [-0.25, -0.2) is 4.98 Å². The predicted molar refractivity (Wildman–Crippen MR) is 109 cm³/mol. The predicted octanol–water partition coefficient (Wildman–Crippen LogP) is 1.68. The first-order valence-electron chi connectivity index (χ1n) is 9.38. The van der Waals surface area contributed by atoms with Crippen LogP contribution in [0.25, 0.3) is 10.9 Å². The molecule has 1 atom stereocenters. The summed E-state index contributed by atoms with van der Waals surface area (Å²) in [6.07, 6.45) is 2.32. The number of amides is 1. The molecule has 0 aliphatic heterocycles. The van der Waals surface area contributed by atoms with Crippen LogP contribution in [0, 0.1) is 5.92 Å². The first-order valence-corrected chi connectivity index (χ1v) is 9.38. The second kappa shape index (κ2) is 9.05. The lowest BCUT2D eigenvalue weighted by atomic mass is 9.88. The molecule has 28 heavy (non-hydrogen) atoms. The van der Waals surface area contributed by atoms with E-state index >= 15 is 0 Å². The van der Waals surface area contributed by atoms with Crippen molar-refractivity contribution in [2.24, 2.45) is 11.7 Å². The first kappa shape index (κ1) is 21.7. The van der Waals surface area contributed by atoms with Crippen molar-refractivity contribution in [2.75, 3.05) is 20.8 Å². The van der Waals surface area contributed by atoms with Crippen molar-refractivity contribution in [2.45, 2.75) is 45.7 Å². The van der Waals surface area contributed by atoms with Crippen LogP contribution < -0.4 is 26.1 Å². The van der Waals surface area contributed by atoms with E-state index in [1.807, 2.05) is 20.8 Å². The van der Waals surface area contributed by atoms with E-state index in [2.05, 4.69) is 10.3 Å². The molecule has 0 aliphatic rings. The highest BCUT2D eigenvalue weighted by Crippen LogP contribution is 2.29. The molecule has 2 rings (SSSR count). The second-order valence-electron chi connectivity index (χ2n) is 7.40. The fourth-order valence-corrected chi connectivity index (χ4v) is 2.87. The van der Waals surface area contributed by atoms with Gasteiger partial charge < -0.3 is 20.5 Å². The number of hydrogen-bond acceptors (Lipinski definition) is 6. The zero-order chi connectivity index (χ0) is 20.9.